The lowest BCUT2D eigenvalue weighted by Crippen LogP contribution is -2.50. The van der Waals surface area contributed by atoms with Crippen molar-refractivity contribution >= 4 is 11.8 Å². The van der Waals surface area contributed by atoms with E-state index in [0.717, 1.165) is 43.7 Å². The Morgan fingerprint density at radius 2 is 2.17 bits per heavy atom. The summed E-state index contributed by atoms with van der Waals surface area (Å²) in [6.07, 6.45) is 2.55. The summed E-state index contributed by atoms with van der Waals surface area (Å²) >= 11 is 0. The summed E-state index contributed by atoms with van der Waals surface area (Å²) < 4.78 is 4.95. The number of hydrogen-bond donors (Lipinski definition) is 0. The fraction of sp³-hybridized carbons (Fsp3) is 0.611. The third-order valence-corrected chi connectivity index (χ3v) is 5.10. The highest BCUT2D eigenvalue weighted by molar-refractivity contribution is 5.86. The van der Waals surface area contributed by atoms with E-state index in [1.54, 1.807) is 4.90 Å². The number of aryl methyl sites for hydroxylation is 1. The van der Waals surface area contributed by atoms with E-state index in [1.165, 1.54) is 7.11 Å². The predicted octanol–water partition coefficient (Wildman–Crippen LogP) is 1.38. The van der Waals surface area contributed by atoms with Crippen LogP contribution in [0.25, 0.3) is 0 Å². The van der Waals surface area contributed by atoms with Crippen LogP contribution in [0.3, 0.4) is 0 Å². The van der Waals surface area contributed by atoms with Gasteiger partial charge in [0.15, 0.2) is 0 Å². The first kappa shape index (κ1) is 16.9. The molecule has 2 amide bonds. The minimum Gasteiger partial charge on any atom is -0.375 e. The molecule has 2 aliphatic heterocycles. The lowest BCUT2D eigenvalue weighted by molar-refractivity contribution is -0.145. The lowest BCUT2D eigenvalue weighted by atomic mass is 9.78. The number of rotatable bonds is 4. The van der Waals surface area contributed by atoms with E-state index in [1.807, 2.05) is 30.0 Å². The Hall–Kier alpha value is -1.95. The molecule has 2 aliphatic rings. The smallest absolute Gasteiger partial charge is 0.248 e. The van der Waals surface area contributed by atoms with Crippen LogP contribution >= 0.6 is 0 Å². The molecule has 0 radical (unpaired) electrons. The summed E-state index contributed by atoms with van der Waals surface area (Å²) in [6.45, 7) is 4.57. The highest BCUT2D eigenvalue weighted by Crippen LogP contribution is 2.40. The van der Waals surface area contributed by atoms with Crippen molar-refractivity contribution in [3.8, 4) is 0 Å². The van der Waals surface area contributed by atoms with Crippen molar-refractivity contribution in [1.29, 1.82) is 0 Å². The van der Waals surface area contributed by atoms with Crippen LogP contribution in [0.2, 0.25) is 0 Å². The summed E-state index contributed by atoms with van der Waals surface area (Å²) in [4.78, 5) is 33.3. The van der Waals surface area contributed by atoms with Crippen molar-refractivity contribution in [2.45, 2.75) is 32.7 Å². The van der Waals surface area contributed by atoms with E-state index in [9.17, 15) is 9.59 Å². The zero-order chi connectivity index (χ0) is 17.2. The highest BCUT2D eigenvalue weighted by atomic mass is 16.5. The minimum atomic E-state index is -0.411. The summed E-state index contributed by atoms with van der Waals surface area (Å²) in [5.74, 6) is 0.142. The van der Waals surface area contributed by atoms with Gasteiger partial charge in [0.1, 0.15) is 6.61 Å². The Kier molecular flexibility index (Phi) is 4.85. The number of likely N-dealkylation sites (tertiary alicyclic amines) is 2. The average molecular weight is 331 g/mol. The maximum absolute atomic E-state index is 13.0. The maximum atomic E-state index is 13.0. The minimum absolute atomic E-state index is 0.0248. The van der Waals surface area contributed by atoms with E-state index in [-0.39, 0.29) is 18.4 Å². The summed E-state index contributed by atoms with van der Waals surface area (Å²) in [7, 11) is 1.52. The average Bonchev–Trinajstić information content (AvgIpc) is 2.85. The van der Waals surface area contributed by atoms with Crippen molar-refractivity contribution in [2.24, 2.45) is 5.41 Å². The Balaban J connectivity index is 1.69. The molecule has 0 aliphatic carbocycles. The van der Waals surface area contributed by atoms with Gasteiger partial charge < -0.3 is 14.5 Å². The maximum Gasteiger partial charge on any atom is 0.248 e. The van der Waals surface area contributed by atoms with E-state index >= 15 is 0 Å². The van der Waals surface area contributed by atoms with Gasteiger partial charge in [-0.3, -0.25) is 14.6 Å². The molecule has 2 fully saturated rings. The molecular formula is C18H25N3O3. The predicted molar refractivity (Wildman–Crippen MR) is 89.1 cm³/mol. The largest absolute Gasteiger partial charge is 0.375 e. The second-order valence-corrected chi connectivity index (χ2v) is 6.88. The molecule has 1 aromatic heterocycles. The number of piperidine rings is 1. The van der Waals surface area contributed by atoms with Crippen molar-refractivity contribution in [2.75, 3.05) is 33.4 Å². The second kappa shape index (κ2) is 6.89. The number of aromatic nitrogens is 1. The lowest BCUT2D eigenvalue weighted by Gasteiger charge is -2.39. The van der Waals surface area contributed by atoms with Gasteiger partial charge in [0.25, 0.3) is 0 Å². The van der Waals surface area contributed by atoms with Crippen LogP contribution in [0, 0.1) is 12.3 Å². The summed E-state index contributed by atoms with van der Waals surface area (Å²) in [5.41, 5.74) is 1.47. The summed E-state index contributed by atoms with van der Waals surface area (Å²) in [6, 6.07) is 5.89. The molecule has 0 unspecified atom stereocenters. The van der Waals surface area contributed by atoms with Crippen LogP contribution in [0.4, 0.5) is 0 Å². The first-order chi connectivity index (χ1) is 11.5. The van der Waals surface area contributed by atoms with E-state index in [2.05, 4.69) is 4.98 Å². The van der Waals surface area contributed by atoms with Crippen LogP contribution in [0.15, 0.2) is 18.2 Å². The molecular weight excluding hydrogens is 306 g/mol. The van der Waals surface area contributed by atoms with Gasteiger partial charge in [-0.1, -0.05) is 6.07 Å². The van der Waals surface area contributed by atoms with Gasteiger partial charge in [-0.2, -0.15) is 0 Å². The van der Waals surface area contributed by atoms with Gasteiger partial charge in [-0.25, -0.2) is 0 Å². The molecule has 1 aromatic rings. The first-order valence-corrected chi connectivity index (χ1v) is 8.53. The quantitative estimate of drug-likeness (QED) is 0.836. The molecule has 3 heterocycles. The van der Waals surface area contributed by atoms with Gasteiger partial charge in [0.05, 0.1) is 17.7 Å². The van der Waals surface area contributed by atoms with Crippen molar-refractivity contribution in [3.63, 3.8) is 0 Å². The van der Waals surface area contributed by atoms with Gasteiger partial charge in [0, 0.05) is 32.4 Å². The molecule has 6 nitrogen and oxygen atoms in total. The third-order valence-electron chi connectivity index (χ3n) is 5.10. The molecule has 1 spiro atoms. The monoisotopic (exact) mass is 331 g/mol. The fourth-order valence-electron chi connectivity index (χ4n) is 3.86. The molecule has 2 saturated heterocycles. The third kappa shape index (κ3) is 3.29. The SMILES string of the molecule is COCC(=O)N1CCC[C@]2(CCN(Cc3cccc(C)n3)C2=O)C1. The zero-order valence-corrected chi connectivity index (χ0v) is 14.5. The number of carbonyl (C=O) groups is 2. The van der Waals surface area contributed by atoms with Crippen LogP contribution in [-0.4, -0.2) is 59.9 Å². The van der Waals surface area contributed by atoms with Gasteiger partial charge in [-0.15, -0.1) is 0 Å². The number of amides is 2. The van der Waals surface area contributed by atoms with E-state index in [0.29, 0.717) is 13.1 Å². The van der Waals surface area contributed by atoms with Crippen LogP contribution in [-0.2, 0) is 20.9 Å². The van der Waals surface area contributed by atoms with Gasteiger partial charge in [-0.05, 0) is 38.3 Å². The molecule has 0 saturated carbocycles. The first-order valence-electron chi connectivity index (χ1n) is 8.53. The molecule has 1 atom stereocenters. The van der Waals surface area contributed by atoms with Crippen LogP contribution in [0.1, 0.15) is 30.7 Å². The number of methoxy groups -OCH3 is 1. The van der Waals surface area contributed by atoms with E-state index in [4.69, 9.17) is 4.74 Å². The topological polar surface area (TPSA) is 62.7 Å². The summed E-state index contributed by atoms with van der Waals surface area (Å²) in [5, 5.41) is 0. The molecule has 3 rings (SSSR count). The van der Waals surface area contributed by atoms with Gasteiger partial charge >= 0.3 is 0 Å². The molecule has 130 valence electrons. The van der Waals surface area contributed by atoms with Crippen molar-refractivity contribution in [1.82, 2.24) is 14.8 Å². The number of ether oxygens (including phenoxy) is 1. The standard InChI is InChI=1S/C18H25N3O3/c1-14-5-3-6-15(19-14)11-20-10-8-18(17(20)23)7-4-9-21(13-18)16(22)12-24-2/h3,5-6H,4,7-13H2,1-2H3/t18-/m0/s1. The zero-order valence-electron chi connectivity index (χ0n) is 14.5. The number of pyridine rings is 1. The number of hydrogen-bond acceptors (Lipinski definition) is 4. The van der Waals surface area contributed by atoms with Crippen LogP contribution < -0.4 is 0 Å². The number of nitrogens with zero attached hydrogens (tertiary/aromatic N) is 3. The van der Waals surface area contributed by atoms with E-state index < -0.39 is 5.41 Å². The van der Waals surface area contributed by atoms with Gasteiger partial charge in [0.2, 0.25) is 11.8 Å². The number of carbonyl (C=O) groups excluding carboxylic acids is 2. The highest BCUT2D eigenvalue weighted by Gasteiger charge is 2.49. The Morgan fingerprint density at radius 3 is 2.92 bits per heavy atom. The molecule has 0 N–H and O–H groups in total. The second-order valence-electron chi connectivity index (χ2n) is 6.88. The molecule has 6 heteroatoms. The molecule has 24 heavy (non-hydrogen) atoms. The Labute approximate surface area is 142 Å². The normalized spacial score (nSPS) is 24.0. The van der Waals surface area contributed by atoms with Crippen molar-refractivity contribution < 1.29 is 14.3 Å². The molecule has 0 bridgehead atoms. The fourth-order valence-corrected chi connectivity index (χ4v) is 3.86. The van der Waals surface area contributed by atoms with Crippen LogP contribution in [0.5, 0.6) is 0 Å². The Morgan fingerprint density at radius 1 is 1.33 bits per heavy atom. The molecule has 0 aromatic carbocycles. The Bertz CT molecular complexity index is 634. The van der Waals surface area contributed by atoms with Crippen molar-refractivity contribution in [3.05, 3.63) is 29.6 Å².